The van der Waals surface area contributed by atoms with E-state index < -0.39 is 0 Å². The maximum atomic E-state index is 12.7. The number of halogens is 1. The lowest BCUT2D eigenvalue weighted by Gasteiger charge is -2.15. The van der Waals surface area contributed by atoms with E-state index in [1.807, 2.05) is 12.1 Å². The Morgan fingerprint density at radius 3 is 2.48 bits per heavy atom. The number of esters is 1. The monoisotopic (exact) mass is 415 g/mol. The van der Waals surface area contributed by atoms with Gasteiger partial charge in [-0.3, -0.25) is 4.79 Å². The van der Waals surface area contributed by atoms with Crippen LogP contribution in [0.25, 0.3) is 0 Å². The predicted molar refractivity (Wildman–Crippen MR) is 111 cm³/mol. The van der Waals surface area contributed by atoms with Gasteiger partial charge in [0.2, 0.25) is 0 Å². The number of amides is 2. The molecule has 1 atom stereocenters. The summed E-state index contributed by atoms with van der Waals surface area (Å²) in [6.07, 6.45) is 0.140. The van der Waals surface area contributed by atoms with E-state index in [1.54, 1.807) is 50.4 Å². The van der Waals surface area contributed by atoms with Gasteiger partial charge in [0.15, 0.2) is 0 Å². The van der Waals surface area contributed by atoms with Gasteiger partial charge in [-0.15, -0.1) is 0 Å². The van der Waals surface area contributed by atoms with Crippen LogP contribution in [0.2, 0.25) is 5.02 Å². The van der Waals surface area contributed by atoms with Crippen molar-refractivity contribution in [2.24, 2.45) is 11.0 Å². The van der Waals surface area contributed by atoms with Gasteiger partial charge in [0, 0.05) is 16.6 Å². The van der Waals surface area contributed by atoms with Gasteiger partial charge in [-0.05, 0) is 48.9 Å². The van der Waals surface area contributed by atoms with Gasteiger partial charge >= 0.3 is 12.0 Å². The zero-order valence-corrected chi connectivity index (χ0v) is 17.0. The first-order chi connectivity index (χ1) is 14.0. The minimum absolute atomic E-state index is 0.140. The van der Waals surface area contributed by atoms with Crippen LogP contribution in [0.1, 0.15) is 18.9 Å². The molecule has 7 nitrogen and oxygen atoms in total. The molecule has 1 heterocycles. The van der Waals surface area contributed by atoms with Crippen LogP contribution in [0.4, 0.5) is 10.5 Å². The molecule has 1 N–H and O–H groups in total. The summed E-state index contributed by atoms with van der Waals surface area (Å²) in [5.41, 5.74) is 2.08. The normalized spacial score (nSPS) is 15.6. The second-order valence-electron chi connectivity index (χ2n) is 6.44. The van der Waals surface area contributed by atoms with Crippen molar-refractivity contribution in [1.29, 1.82) is 0 Å². The van der Waals surface area contributed by atoms with Crippen molar-refractivity contribution in [3.63, 3.8) is 0 Å². The summed E-state index contributed by atoms with van der Waals surface area (Å²) in [5, 5.41) is 9.21. The molecule has 152 valence electrons. The summed E-state index contributed by atoms with van der Waals surface area (Å²) in [5.74, 6) is 0.107. The van der Waals surface area contributed by atoms with Gasteiger partial charge in [0.05, 0.1) is 32.4 Å². The Morgan fingerprint density at radius 2 is 1.86 bits per heavy atom. The molecule has 8 heteroatoms. The number of ether oxygens (including phenoxy) is 2. The van der Waals surface area contributed by atoms with Crippen LogP contribution in [-0.2, 0) is 9.53 Å². The third-order valence-electron chi connectivity index (χ3n) is 4.44. The van der Waals surface area contributed by atoms with Gasteiger partial charge in [0.1, 0.15) is 5.75 Å². The Labute approximate surface area is 174 Å². The first-order valence-corrected chi connectivity index (χ1v) is 9.60. The highest BCUT2D eigenvalue weighted by molar-refractivity contribution is 6.30. The zero-order chi connectivity index (χ0) is 20.8. The lowest BCUT2D eigenvalue weighted by molar-refractivity contribution is -0.143. The predicted octanol–water partition coefficient (Wildman–Crippen LogP) is 4.17. The summed E-state index contributed by atoms with van der Waals surface area (Å²) in [6, 6.07) is 13.8. The standard InChI is InChI=1S/C21H22ClN3O4/c1-3-29-19(26)12-15-13-25(24-20(15)14-4-6-16(22)7-5-14)21(27)23-17-8-10-18(28-2)11-9-17/h4-11,15H,3,12-13H2,1-2H3,(H,23,27). The average molecular weight is 416 g/mol. The fraction of sp³-hybridized carbons (Fsp3) is 0.286. The molecule has 1 aliphatic rings. The number of methoxy groups -OCH3 is 1. The van der Waals surface area contributed by atoms with Crippen molar-refractivity contribution in [1.82, 2.24) is 5.01 Å². The van der Waals surface area contributed by atoms with Crippen LogP contribution in [-0.4, -0.2) is 43.0 Å². The molecule has 1 unspecified atom stereocenters. The summed E-state index contributed by atoms with van der Waals surface area (Å²) in [7, 11) is 1.58. The van der Waals surface area contributed by atoms with Crippen molar-refractivity contribution >= 4 is 35.0 Å². The highest BCUT2D eigenvalue weighted by atomic mass is 35.5. The van der Waals surface area contributed by atoms with Gasteiger partial charge in [-0.1, -0.05) is 23.7 Å². The molecular formula is C21H22ClN3O4. The van der Waals surface area contributed by atoms with E-state index in [0.717, 1.165) is 5.56 Å². The van der Waals surface area contributed by atoms with Crippen molar-refractivity contribution < 1.29 is 19.1 Å². The second-order valence-corrected chi connectivity index (χ2v) is 6.88. The number of nitrogens with one attached hydrogen (secondary N) is 1. The summed E-state index contributed by atoms with van der Waals surface area (Å²) in [4.78, 5) is 24.7. The third-order valence-corrected chi connectivity index (χ3v) is 4.69. The first-order valence-electron chi connectivity index (χ1n) is 9.22. The molecule has 0 saturated carbocycles. The Bertz CT molecular complexity index is 897. The van der Waals surface area contributed by atoms with E-state index in [-0.39, 0.29) is 30.9 Å². The molecule has 0 saturated heterocycles. The highest BCUT2D eigenvalue weighted by Crippen LogP contribution is 2.25. The topological polar surface area (TPSA) is 80.2 Å². The number of rotatable bonds is 6. The minimum Gasteiger partial charge on any atom is -0.497 e. The smallest absolute Gasteiger partial charge is 0.342 e. The third kappa shape index (κ3) is 5.26. The van der Waals surface area contributed by atoms with E-state index >= 15 is 0 Å². The molecule has 3 rings (SSSR count). The van der Waals surface area contributed by atoms with Crippen LogP contribution >= 0.6 is 11.6 Å². The SMILES string of the molecule is CCOC(=O)CC1CN(C(=O)Nc2ccc(OC)cc2)N=C1c1ccc(Cl)cc1. The van der Waals surface area contributed by atoms with Crippen LogP contribution in [0.5, 0.6) is 5.75 Å². The molecule has 2 amide bonds. The molecule has 1 aliphatic heterocycles. The van der Waals surface area contributed by atoms with E-state index in [2.05, 4.69) is 10.4 Å². The van der Waals surface area contributed by atoms with Crippen molar-refractivity contribution in [3.8, 4) is 5.75 Å². The number of hydrogen-bond donors (Lipinski definition) is 1. The number of hydrazone groups is 1. The number of nitrogens with zero attached hydrogens (tertiary/aromatic N) is 2. The Balaban J connectivity index is 1.78. The van der Waals surface area contributed by atoms with E-state index in [0.29, 0.717) is 28.8 Å². The fourth-order valence-electron chi connectivity index (χ4n) is 3.03. The Morgan fingerprint density at radius 1 is 1.17 bits per heavy atom. The average Bonchev–Trinajstić information content (AvgIpc) is 3.13. The second kappa shape index (κ2) is 9.43. The molecule has 2 aromatic carbocycles. The first kappa shape index (κ1) is 20.7. The number of urea groups is 1. The Hall–Kier alpha value is -3.06. The van der Waals surface area contributed by atoms with Crippen LogP contribution in [0, 0.1) is 5.92 Å². The quantitative estimate of drug-likeness (QED) is 0.718. The summed E-state index contributed by atoms with van der Waals surface area (Å²) < 4.78 is 10.2. The highest BCUT2D eigenvalue weighted by Gasteiger charge is 2.33. The summed E-state index contributed by atoms with van der Waals surface area (Å²) in [6.45, 7) is 2.34. The molecule has 0 bridgehead atoms. The lowest BCUT2D eigenvalue weighted by atomic mass is 9.94. The molecule has 0 radical (unpaired) electrons. The summed E-state index contributed by atoms with van der Waals surface area (Å²) >= 11 is 5.97. The molecular weight excluding hydrogens is 394 g/mol. The van der Waals surface area contributed by atoms with Gasteiger partial charge in [0.25, 0.3) is 0 Å². The number of benzene rings is 2. The molecule has 0 aliphatic carbocycles. The minimum atomic E-state index is -0.381. The maximum absolute atomic E-state index is 12.7. The van der Waals surface area contributed by atoms with Crippen LogP contribution < -0.4 is 10.1 Å². The van der Waals surface area contributed by atoms with Crippen molar-refractivity contribution in [2.45, 2.75) is 13.3 Å². The van der Waals surface area contributed by atoms with E-state index in [1.165, 1.54) is 5.01 Å². The number of carbonyl (C=O) groups is 2. The zero-order valence-electron chi connectivity index (χ0n) is 16.2. The molecule has 0 fully saturated rings. The Kier molecular flexibility index (Phi) is 6.72. The van der Waals surface area contributed by atoms with Gasteiger partial charge < -0.3 is 14.8 Å². The van der Waals surface area contributed by atoms with Gasteiger partial charge in [-0.2, -0.15) is 5.10 Å². The fourth-order valence-corrected chi connectivity index (χ4v) is 3.16. The number of anilines is 1. The lowest BCUT2D eigenvalue weighted by Crippen LogP contribution is -2.31. The number of hydrogen-bond acceptors (Lipinski definition) is 5. The molecule has 2 aromatic rings. The number of carbonyl (C=O) groups excluding carboxylic acids is 2. The van der Waals surface area contributed by atoms with Gasteiger partial charge in [-0.25, -0.2) is 9.80 Å². The molecule has 0 spiro atoms. The molecule has 29 heavy (non-hydrogen) atoms. The van der Waals surface area contributed by atoms with Crippen molar-refractivity contribution in [2.75, 3.05) is 25.6 Å². The van der Waals surface area contributed by atoms with Crippen LogP contribution in [0.15, 0.2) is 53.6 Å². The maximum Gasteiger partial charge on any atom is 0.342 e. The molecule has 0 aromatic heterocycles. The van der Waals surface area contributed by atoms with E-state index in [9.17, 15) is 9.59 Å². The van der Waals surface area contributed by atoms with E-state index in [4.69, 9.17) is 21.1 Å². The van der Waals surface area contributed by atoms with Crippen LogP contribution in [0.3, 0.4) is 0 Å². The largest absolute Gasteiger partial charge is 0.497 e. The van der Waals surface area contributed by atoms with Crippen molar-refractivity contribution in [3.05, 3.63) is 59.1 Å².